The van der Waals surface area contributed by atoms with Gasteiger partial charge in [0.05, 0.1) is 0 Å². The normalized spacial score (nSPS) is 18.8. The highest BCUT2D eigenvalue weighted by Gasteiger charge is 2.24. The van der Waals surface area contributed by atoms with Crippen LogP contribution in [0.15, 0.2) is 0 Å². The summed E-state index contributed by atoms with van der Waals surface area (Å²) in [6.07, 6.45) is 2.18. The number of anilines is 2. The van der Waals surface area contributed by atoms with Crippen molar-refractivity contribution in [3.63, 3.8) is 0 Å². The summed E-state index contributed by atoms with van der Waals surface area (Å²) < 4.78 is 0. The molecule has 0 amide bonds. The number of hydrogen-bond acceptors (Lipinski definition) is 6. The molecule has 7 heteroatoms. The lowest BCUT2D eigenvalue weighted by Crippen LogP contribution is -2.50. The van der Waals surface area contributed by atoms with Crippen molar-refractivity contribution in [2.24, 2.45) is 0 Å². The molecule has 2 heterocycles. The third kappa shape index (κ3) is 3.63. The molecule has 2 rings (SSSR count). The monoisotopic (exact) mass is 311 g/mol. The number of hydrogen-bond donors (Lipinski definition) is 2. The Balaban J connectivity index is 2.25. The zero-order valence-corrected chi connectivity index (χ0v) is 13.3. The van der Waals surface area contributed by atoms with E-state index >= 15 is 0 Å². The van der Waals surface area contributed by atoms with Crippen LogP contribution in [0.2, 0.25) is 5.15 Å². The van der Waals surface area contributed by atoms with E-state index in [0.29, 0.717) is 18.3 Å². The smallest absolute Gasteiger partial charge is 0.185 e. The van der Waals surface area contributed by atoms with Gasteiger partial charge in [0.1, 0.15) is 5.69 Å². The molecule has 1 aromatic heterocycles. The fourth-order valence-electron chi connectivity index (χ4n) is 2.46. The Kier molecular flexibility index (Phi) is 5.36. The number of rotatable bonds is 5. The highest BCUT2D eigenvalue weighted by Crippen LogP contribution is 2.26. The summed E-state index contributed by atoms with van der Waals surface area (Å²) in [5.74, 6) is 0.629. The van der Waals surface area contributed by atoms with Crippen molar-refractivity contribution in [1.29, 1.82) is 0 Å². The first-order valence-electron chi connectivity index (χ1n) is 7.41. The van der Waals surface area contributed by atoms with Gasteiger partial charge in [-0.1, -0.05) is 25.4 Å². The predicted molar refractivity (Wildman–Crippen MR) is 85.0 cm³/mol. The van der Waals surface area contributed by atoms with Gasteiger partial charge in [-0.3, -0.25) is 4.79 Å². The molecule has 116 valence electrons. The van der Waals surface area contributed by atoms with Crippen LogP contribution in [-0.4, -0.2) is 41.4 Å². The summed E-state index contributed by atoms with van der Waals surface area (Å²) in [4.78, 5) is 22.5. The molecule has 0 spiro atoms. The van der Waals surface area contributed by atoms with Crippen LogP contribution < -0.4 is 16.0 Å². The number of nitrogen functional groups attached to an aromatic ring is 1. The van der Waals surface area contributed by atoms with Crippen LogP contribution in [0, 0.1) is 0 Å². The van der Waals surface area contributed by atoms with Gasteiger partial charge in [-0.15, -0.1) is 0 Å². The van der Waals surface area contributed by atoms with Crippen LogP contribution >= 0.6 is 11.6 Å². The van der Waals surface area contributed by atoms with Crippen molar-refractivity contribution in [2.45, 2.75) is 39.2 Å². The molecule has 0 radical (unpaired) electrons. The van der Waals surface area contributed by atoms with Crippen molar-refractivity contribution >= 4 is 29.0 Å². The first kappa shape index (κ1) is 16.0. The lowest BCUT2D eigenvalue weighted by Gasteiger charge is -2.34. The van der Waals surface area contributed by atoms with E-state index in [1.54, 1.807) is 0 Å². The SMILES string of the molecule is CCCC(=O)c1nc(Cl)c(N2CCN[C@@H](CC)C2)nc1N. The summed E-state index contributed by atoms with van der Waals surface area (Å²) in [5.41, 5.74) is 6.09. The molecule has 0 aromatic carbocycles. The number of halogens is 1. The standard InChI is InChI=1S/C14H22ClN5O/c1-3-5-10(21)11-13(16)19-14(12(15)18-11)20-7-6-17-9(4-2)8-20/h9,17H,3-8H2,1-2H3,(H2,16,19)/t9-/m0/s1. The van der Waals surface area contributed by atoms with Crippen LogP contribution in [0.3, 0.4) is 0 Å². The van der Waals surface area contributed by atoms with Crippen molar-refractivity contribution in [2.75, 3.05) is 30.3 Å². The van der Waals surface area contributed by atoms with E-state index in [-0.39, 0.29) is 22.4 Å². The molecule has 0 saturated carbocycles. The number of piperazine rings is 1. The average Bonchev–Trinajstić information content (AvgIpc) is 2.49. The number of Topliss-reactive ketones (excluding diaryl/α,β-unsaturated/α-hetero) is 1. The molecule has 1 atom stereocenters. The van der Waals surface area contributed by atoms with E-state index in [0.717, 1.165) is 32.5 Å². The molecule has 21 heavy (non-hydrogen) atoms. The maximum Gasteiger partial charge on any atom is 0.185 e. The van der Waals surface area contributed by atoms with Gasteiger partial charge in [-0.25, -0.2) is 9.97 Å². The maximum absolute atomic E-state index is 11.9. The second-order valence-electron chi connectivity index (χ2n) is 5.25. The summed E-state index contributed by atoms with van der Waals surface area (Å²) in [6, 6.07) is 0.402. The number of aromatic nitrogens is 2. The zero-order chi connectivity index (χ0) is 15.4. The Labute approximate surface area is 130 Å². The van der Waals surface area contributed by atoms with Crippen molar-refractivity contribution in [3.05, 3.63) is 10.8 Å². The van der Waals surface area contributed by atoms with E-state index in [4.69, 9.17) is 17.3 Å². The Morgan fingerprint density at radius 2 is 2.24 bits per heavy atom. The van der Waals surface area contributed by atoms with Gasteiger partial charge in [0.25, 0.3) is 0 Å². The van der Waals surface area contributed by atoms with E-state index in [9.17, 15) is 4.79 Å². The van der Waals surface area contributed by atoms with Crippen LogP contribution in [-0.2, 0) is 0 Å². The number of ketones is 1. The van der Waals surface area contributed by atoms with E-state index in [2.05, 4.69) is 27.1 Å². The predicted octanol–water partition coefficient (Wildman–Crippen LogP) is 1.88. The minimum Gasteiger partial charge on any atom is -0.382 e. The highest BCUT2D eigenvalue weighted by atomic mass is 35.5. The molecule has 1 aliphatic heterocycles. The molecule has 3 N–H and O–H groups in total. The van der Waals surface area contributed by atoms with Crippen LogP contribution in [0.4, 0.5) is 11.6 Å². The second-order valence-corrected chi connectivity index (χ2v) is 5.61. The summed E-state index contributed by atoms with van der Waals surface area (Å²) >= 11 is 6.23. The van der Waals surface area contributed by atoms with Crippen molar-refractivity contribution < 1.29 is 4.79 Å². The Morgan fingerprint density at radius 1 is 1.48 bits per heavy atom. The van der Waals surface area contributed by atoms with Gasteiger partial charge in [0.15, 0.2) is 22.6 Å². The summed E-state index contributed by atoms with van der Waals surface area (Å²) in [7, 11) is 0. The van der Waals surface area contributed by atoms with E-state index in [1.807, 2.05) is 6.92 Å². The minimum atomic E-state index is -0.109. The van der Waals surface area contributed by atoms with Gasteiger partial charge in [0.2, 0.25) is 0 Å². The second kappa shape index (κ2) is 7.04. The topological polar surface area (TPSA) is 84.1 Å². The largest absolute Gasteiger partial charge is 0.382 e. The summed E-state index contributed by atoms with van der Waals surface area (Å²) in [5, 5.41) is 3.68. The van der Waals surface area contributed by atoms with Gasteiger partial charge in [-0.2, -0.15) is 0 Å². The first-order valence-corrected chi connectivity index (χ1v) is 7.79. The third-order valence-corrected chi connectivity index (χ3v) is 3.91. The fraction of sp³-hybridized carbons (Fsp3) is 0.643. The number of carbonyl (C=O) groups is 1. The molecule has 0 bridgehead atoms. The van der Waals surface area contributed by atoms with Gasteiger partial charge < -0.3 is 16.0 Å². The summed E-state index contributed by atoms with van der Waals surface area (Å²) in [6.45, 7) is 6.55. The number of carbonyl (C=O) groups excluding carboxylic acids is 1. The molecule has 1 aromatic rings. The molecule has 1 saturated heterocycles. The molecule has 0 unspecified atom stereocenters. The number of nitrogens with one attached hydrogen (secondary N) is 1. The van der Waals surface area contributed by atoms with Crippen LogP contribution in [0.25, 0.3) is 0 Å². The average molecular weight is 312 g/mol. The third-order valence-electron chi connectivity index (χ3n) is 3.65. The maximum atomic E-state index is 11.9. The van der Waals surface area contributed by atoms with Crippen LogP contribution in [0.1, 0.15) is 43.6 Å². The van der Waals surface area contributed by atoms with Crippen molar-refractivity contribution in [1.82, 2.24) is 15.3 Å². The van der Waals surface area contributed by atoms with Crippen molar-refractivity contribution in [3.8, 4) is 0 Å². The molecule has 6 nitrogen and oxygen atoms in total. The lowest BCUT2D eigenvalue weighted by atomic mass is 10.1. The minimum absolute atomic E-state index is 0.109. The fourth-order valence-corrected chi connectivity index (χ4v) is 2.71. The number of nitrogens with zero attached hydrogens (tertiary/aromatic N) is 3. The van der Waals surface area contributed by atoms with Crippen LogP contribution in [0.5, 0.6) is 0 Å². The zero-order valence-electron chi connectivity index (χ0n) is 12.5. The lowest BCUT2D eigenvalue weighted by molar-refractivity contribution is 0.0977. The highest BCUT2D eigenvalue weighted by molar-refractivity contribution is 6.32. The Morgan fingerprint density at radius 3 is 2.90 bits per heavy atom. The van der Waals surface area contributed by atoms with Gasteiger partial charge >= 0.3 is 0 Å². The molecular weight excluding hydrogens is 290 g/mol. The number of nitrogens with two attached hydrogens (primary N) is 1. The van der Waals surface area contributed by atoms with E-state index in [1.165, 1.54) is 0 Å². The Hall–Kier alpha value is -1.40. The molecular formula is C14H22ClN5O. The molecule has 0 aliphatic carbocycles. The van der Waals surface area contributed by atoms with Gasteiger partial charge in [0, 0.05) is 32.1 Å². The quantitative estimate of drug-likeness (QED) is 0.808. The van der Waals surface area contributed by atoms with Gasteiger partial charge in [-0.05, 0) is 12.8 Å². The molecule has 1 fully saturated rings. The molecule has 1 aliphatic rings. The first-order chi connectivity index (χ1) is 10.1. The van der Waals surface area contributed by atoms with E-state index < -0.39 is 0 Å². The Bertz CT molecular complexity index is 522.